The molecule has 1 N–H and O–H groups in total. The molecule has 4 aromatic carbocycles. The second-order valence-electron chi connectivity index (χ2n) is 7.37. The number of ether oxygens (including phenoxy) is 2. The Morgan fingerprint density at radius 2 is 1.14 bits per heavy atom. The van der Waals surface area contributed by atoms with Crippen LogP contribution in [-0.4, -0.2) is 24.9 Å². The zero-order valence-corrected chi connectivity index (χ0v) is 29.6. The average Bonchev–Trinajstić information content (AvgIpc) is 2.79. The first-order valence-corrected chi connectivity index (χ1v) is 16.8. The average molecular weight is 1080 g/mol. The van der Waals surface area contributed by atoms with E-state index < -0.39 is 22.1 Å². The summed E-state index contributed by atoms with van der Waals surface area (Å²) in [5.41, 5.74) is 0.508. The highest BCUT2D eigenvalue weighted by Crippen LogP contribution is 2.33. The molecule has 13 heteroatoms. The molecule has 0 unspecified atom stereocenters. The van der Waals surface area contributed by atoms with E-state index in [0.717, 1.165) is 10.7 Å². The second-order valence-corrected chi connectivity index (χ2v) is 14.6. The Bertz CT molecular complexity index is 1660. The van der Waals surface area contributed by atoms with Crippen molar-refractivity contribution in [2.24, 2.45) is 0 Å². The fraction of sp³-hybridized carbons (Fsp3) is 0. The van der Waals surface area contributed by atoms with Gasteiger partial charge in [-0.1, -0.05) is 24.3 Å². The van der Waals surface area contributed by atoms with Gasteiger partial charge in [0.1, 0.15) is 10.6 Å². The third-order valence-electron chi connectivity index (χ3n) is 4.96. The van der Waals surface area contributed by atoms with Gasteiger partial charge >= 0.3 is 11.9 Å². The van der Waals surface area contributed by atoms with Gasteiger partial charge in [-0.15, -0.1) is 0 Å². The maximum atomic E-state index is 13.2. The molecule has 37 heavy (non-hydrogen) atoms. The van der Waals surface area contributed by atoms with Gasteiger partial charge in [-0.05, 0) is 160 Å². The van der Waals surface area contributed by atoms with Gasteiger partial charge in [0.15, 0.2) is 5.75 Å². The van der Waals surface area contributed by atoms with Crippen molar-refractivity contribution in [3.05, 3.63) is 89.6 Å². The van der Waals surface area contributed by atoms with Gasteiger partial charge in [0.2, 0.25) is 0 Å². The summed E-state index contributed by atoms with van der Waals surface area (Å²) in [5, 5.41) is 1.01. The Morgan fingerprint density at radius 3 is 1.59 bits per heavy atom. The Kier molecular flexibility index (Phi) is 9.62. The number of fused-ring (bicyclic) bond motifs is 1. The van der Waals surface area contributed by atoms with Crippen LogP contribution < -0.4 is 9.47 Å². The van der Waals surface area contributed by atoms with Gasteiger partial charge in [-0.25, -0.2) is 9.59 Å². The van der Waals surface area contributed by atoms with Crippen LogP contribution in [0.3, 0.4) is 0 Å². The molecule has 0 amide bonds. The minimum atomic E-state index is -4.43. The van der Waals surface area contributed by atoms with Crippen molar-refractivity contribution in [1.29, 1.82) is 0 Å². The summed E-state index contributed by atoms with van der Waals surface area (Å²) in [5.74, 6) is -0.666. The summed E-state index contributed by atoms with van der Waals surface area (Å²) in [6.45, 7) is 0. The third-order valence-corrected chi connectivity index (χ3v) is 10.6. The highest BCUT2D eigenvalue weighted by atomic mass is 127. The van der Waals surface area contributed by atoms with Crippen LogP contribution in [0.1, 0.15) is 20.7 Å². The molecule has 0 saturated carbocycles. The molecule has 190 valence electrons. The lowest BCUT2D eigenvalue weighted by Gasteiger charge is -2.13. The molecule has 0 aromatic heterocycles. The van der Waals surface area contributed by atoms with E-state index in [1.54, 1.807) is 69.4 Å². The van der Waals surface area contributed by atoms with Gasteiger partial charge in [0.25, 0.3) is 10.1 Å². The van der Waals surface area contributed by atoms with E-state index in [0.29, 0.717) is 22.1 Å². The van der Waals surface area contributed by atoms with Gasteiger partial charge in [0, 0.05) is 10.7 Å². The minimum Gasteiger partial charge on any atom is -0.423 e. The fourth-order valence-electron chi connectivity index (χ4n) is 3.43. The van der Waals surface area contributed by atoms with Crippen LogP contribution in [0.15, 0.2) is 65.6 Å². The first-order valence-electron chi connectivity index (χ1n) is 9.94. The minimum absolute atomic E-state index is 0.113. The third kappa shape index (κ3) is 6.69. The summed E-state index contributed by atoms with van der Waals surface area (Å²) in [6.07, 6.45) is 0. The zero-order chi connectivity index (χ0) is 27.1. The highest BCUT2D eigenvalue weighted by Gasteiger charge is 2.23. The van der Waals surface area contributed by atoms with E-state index in [9.17, 15) is 22.6 Å². The summed E-state index contributed by atoms with van der Waals surface area (Å²) < 4.78 is 47.0. The normalized spacial score (nSPS) is 11.4. The fourth-order valence-corrected chi connectivity index (χ4v) is 11.2. The number of hydrogen-bond donors (Lipinski definition) is 1. The monoisotopic (exact) mass is 1080 g/mol. The van der Waals surface area contributed by atoms with Crippen LogP contribution in [-0.2, 0) is 10.1 Å². The highest BCUT2D eigenvalue weighted by molar-refractivity contribution is 14.1. The number of esters is 2. The van der Waals surface area contributed by atoms with Crippen LogP contribution in [0.4, 0.5) is 0 Å². The molecule has 0 aliphatic rings. The lowest BCUT2D eigenvalue weighted by Crippen LogP contribution is -2.14. The molecule has 0 fully saturated rings. The molecule has 0 aliphatic heterocycles. The Labute approximate surface area is 279 Å². The Hall–Kier alpha value is -0.360. The quantitative estimate of drug-likeness (QED) is 0.0954. The predicted molar refractivity (Wildman–Crippen MR) is 180 cm³/mol. The maximum absolute atomic E-state index is 13.2. The Morgan fingerprint density at radius 1 is 0.676 bits per heavy atom. The number of rotatable bonds is 5. The van der Waals surface area contributed by atoms with Gasteiger partial charge in [-0.3, -0.25) is 4.55 Å². The maximum Gasteiger partial charge on any atom is 0.344 e. The summed E-state index contributed by atoms with van der Waals surface area (Å²) in [6, 6.07) is 16.5. The number of carbonyl (C=O) groups is 2. The second kappa shape index (κ2) is 12.0. The van der Waals surface area contributed by atoms with E-state index in [1.807, 2.05) is 12.1 Å². The number of hydrogen-bond acceptors (Lipinski definition) is 6. The van der Waals surface area contributed by atoms with E-state index in [4.69, 9.17) is 9.47 Å². The zero-order valence-electron chi connectivity index (χ0n) is 18.0. The van der Waals surface area contributed by atoms with Crippen molar-refractivity contribution in [3.8, 4) is 11.5 Å². The van der Waals surface area contributed by atoms with Gasteiger partial charge in [-0.2, -0.15) is 8.42 Å². The van der Waals surface area contributed by atoms with Crippen molar-refractivity contribution >= 4 is 146 Å². The van der Waals surface area contributed by atoms with E-state index in [-0.39, 0.29) is 23.3 Å². The first kappa shape index (κ1) is 29.6. The van der Waals surface area contributed by atoms with Gasteiger partial charge in [0.05, 0.1) is 18.3 Å². The van der Waals surface area contributed by atoms with Crippen molar-refractivity contribution in [2.45, 2.75) is 4.90 Å². The largest absolute Gasteiger partial charge is 0.423 e. The van der Waals surface area contributed by atoms with E-state index in [2.05, 4.69) is 67.8 Å². The summed E-state index contributed by atoms with van der Waals surface area (Å²) >= 11 is 9.94. The molecule has 0 radical (unpaired) electrons. The molecule has 0 atom stereocenters. The van der Waals surface area contributed by atoms with Gasteiger partial charge < -0.3 is 9.47 Å². The smallest absolute Gasteiger partial charge is 0.344 e. The van der Waals surface area contributed by atoms with Crippen LogP contribution in [0, 0.1) is 17.9 Å². The molecular weight excluding hydrogens is 1070 g/mol. The molecule has 0 spiro atoms. The van der Waals surface area contributed by atoms with Crippen LogP contribution in [0.25, 0.3) is 10.8 Å². The molecule has 0 saturated heterocycles. The van der Waals surface area contributed by atoms with E-state index >= 15 is 0 Å². The van der Waals surface area contributed by atoms with Crippen LogP contribution in [0.5, 0.6) is 11.5 Å². The molecular formula is C24H11I5O7S. The number of halogens is 5. The first-order chi connectivity index (χ1) is 17.4. The number of benzene rings is 4. The molecule has 7 nitrogen and oxygen atoms in total. The molecule has 0 bridgehead atoms. The summed E-state index contributed by atoms with van der Waals surface area (Å²) in [4.78, 5) is 26.0. The van der Waals surface area contributed by atoms with Crippen LogP contribution >= 0.6 is 113 Å². The van der Waals surface area contributed by atoms with Crippen molar-refractivity contribution < 1.29 is 32.0 Å². The van der Waals surface area contributed by atoms with Crippen molar-refractivity contribution in [3.63, 3.8) is 0 Å². The van der Waals surface area contributed by atoms with Crippen molar-refractivity contribution in [1.82, 2.24) is 0 Å². The summed E-state index contributed by atoms with van der Waals surface area (Å²) in [7, 11) is -4.43. The lowest BCUT2D eigenvalue weighted by molar-refractivity contribution is 0.0722. The molecule has 4 rings (SSSR count). The van der Waals surface area contributed by atoms with E-state index in [1.165, 1.54) is 24.3 Å². The molecule has 0 aliphatic carbocycles. The Balaban J connectivity index is 1.69. The number of carbonyl (C=O) groups excluding carboxylic acids is 2. The molecule has 0 heterocycles. The topological polar surface area (TPSA) is 107 Å². The van der Waals surface area contributed by atoms with Crippen LogP contribution in [0.2, 0.25) is 0 Å². The van der Waals surface area contributed by atoms with Crippen molar-refractivity contribution in [2.75, 3.05) is 0 Å². The lowest BCUT2D eigenvalue weighted by atomic mass is 9.99. The predicted octanol–water partition coefficient (Wildman–Crippen LogP) is 7.55. The molecule has 4 aromatic rings. The SMILES string of the molecule is O=C(Oc1cc(I)c(S(=O)(=O)O)c(I)c1)c1ccc(C(=O)Oc2c(I)cc(I)cc2I)c2ccccc12. The standard InChI is InChI=1S/C24H11I5O7S/c25-11-7-17(26)21(18(27)8-11)36-24(31)16-6-5-15(13-3-1-2-4-14(13)16)23(30)35-12-9-19(28)22(20(29)10-12)37(32,33)34/h1-10H,(H,32,33,34).